The Balaban J connectivity index is 0.00000132. The molecule has 3 fully saturated rings. The van der Waals surface area contributed by atoms with Crippen molar-refractivity contribution in [3.63, 3.8) is 0 Å². The molecule has 8 heteroatoms. The molecule has 3 saturated heterocycles. The maximum Gasteiger partial charge on any atom is 0.223 e. The van der Waals surface area contributed by atoms with Gasteiger partial charge < -0.3 is 20.3 Å². The van der Waals surface area contributed by atoms with Crippen molar-refractivity contribution in [2.45, 2.75) is 24.9 Å². The Kier molecular flexibility index (Phi) is 9.11. The van der Waals surface area contributed by atoms with Crippen molar-refractivity contribution in [1.29, 1.82) is 0 Å². The molecule has 3 heterocycles. The molecule has 136 valence electrons. The standard InChI is InChI=1S/C15H28N4O2.2ClH/c1-18-6-8-19(9-7-18)14-11-21-10-13(14)17-15(20)12-2-4-16-5-3-12;;/h12-14,16H,2-11H2,1H3,(H,17,20);2*1H/t13-,14-;;/m0../s1. The number of piperidine rings is 1. The normalized spacial score (nSPS) is 30.3. The second-order valence-electron chi connectivity index (χ2n) is 6.58. The quantitative estimate of drug-likeness (QED) is 0.731. The van der Waals surface area contributed by atoms with Crippen molar-refractivity contribution >= 4 is 30.7 Å². The van der Waals surface area contributed by atoms with Gasteiger partial charge in [-0.2, -0.15) is 0 Å². The molecule has 0 radical (unpaired) electrons. The topological polar surface area (TPSA) is 56.8 Å². The van der Waals surface area contributed by atoms with Crippen LogP contribution in [0.25, 0.3) is 0 Å². The molecule has 3 rings (SSSR count). The number of amides is 1. The van der Waals surface area contributed by atoms with E-state index in [2.05, 4.69) is 27.5 Å². The lowest BCUT2D eigenvalue weighted by atomic mass is 9.96. The van der Waals surface area contributed by atoms with E-state index in [-0.39, 0.29) is 42.7 Å². The van der Waals surface area contributed by atoms with Crippen LogP contribution in [0.1, 0.15) is 12.8 Å². The molecule has 3 aliphatic rings. The van der Waals surface area contributed by atoms with E-state index in [1.165, 1.54) is 0 Å². The molecule has 0 spiro atoms. The van der Waals surface area contributed by atoms with Gasteiger partial charge in [0.1, 0.15) is 0 Å². The molecule has 23 heavy (non-hydrogen) atoms. The lowest BCUT2D eigenvalue weighted by molar-refractivity contribution is -0.126. The minimum atomic E-state index is 0. The fourth-order valence-electron chi connectivity index (χ4n) is 3.58. The van der Waals surface area contributed by atoms with Crippen molar-refractivity contribution in [3.05, 3.63) is 0 Å². The number of carbonyl (C=O) groups excluding carboxylic acids is 1. The Morgan fingerprint density at radius 1 is 1.09 bits per heavy atom. The highest BCUT2D eigenvalue weighted by Gasteiger charge is 2.36. The summed E-state index contributed by atoms with van der Waals surface area (Å²) in [5, 5.41) is 6.57. The first-order valence-corrected chi connectivity index (χ1v) is 8.25. The molecular weight excluding hydrogens is 339 g/mol. The van der Waals surface area contributed by atoms with Crippen LogP contribution in [0, 0.1) is 5.92 Å². The van der Waals surface area contributed by atoms with Crippen LogP contribution in [0.3, 0.4) is 0 Å². The fourth-order valence-corrected chi connectivity index (χ4v) is 3.58. The second kappa shape index (κ2) is 10.0. The molecule has 6 nitrogen and oxygen atoms in total. The molecule has 0 unspecified atom stereocenters. The van der Waals surface area contributed by atoms with E-state index in [0.29, 0.717) is 12.6 Å². The van der Waals surface area contributed by atoms with E-state index in [1.807, 2.05) is 0 Å². The molecule has 0 aromatic carbocycles. The van der Waals surface area contributed by atoms with Gasteiger partial charge in [0, 0.05) is 32.1 Å². The van der Waals surface area contributed by atoms with Crippen LogP contribution < -0.4 is 10.6 Å². The Morgan fingerprint density at radius 3 is 2.39 bits per heavy atom. The number of halogens is 2. The van der Waals surface area contributed by atoms with Crippen LogP contribution in [0.5, 0.6) is 0 Å². The number of ether oxygens (including phenoxy) is 1. The van der Waals surface area contributed by atoms with Gasteiger partial charge in [-0.15, -0.1) is 24.8 Å². The monoisotopic (exact) mass is 368 g/mol. The highest BCUT2D eigenvalue weighted by atomic mass is 35.5. The molecule has 0 saturated carbocycles. The van der Waals surface area contributed by atoms with Crippen LogP contribution >= 0.6 is 24.8 Å². The van der Waals surface area contributed by atoms with E-state index < -0.39 is 0 Å². The first kappa shape index (κ1) is 20.9. The van der Waals surface area contributed by atoms with E-state index in [4.69, 9.17) is 4.74 Å². The highest BCUT2D eigenvalue weighted by Crippen LogP contribution is 2.18. The zero-order valence-corrected chi connectivity index (χ0v) is 15.5. The lowest BCUT2D eigenvalue weighted by Gasteiger charge is -2.38. The SMILES string of the molecule is CN1CCN([C@H]2COC[C@@H]2NC(=O)C2CCNCC2)CC1.Cl.Cl. The third kappa shape index (κ3) is 5.44. The number of hydrogen-bond acceptors (Lipinski definition) is 5. The number of hydrogen-bond donors (Lipinski definition) is 2. The lowest BCUT2D eigenvalue weighted by Crippen LogP contribution is -2.57. The number of piperazine rings is 1. The van der Waals surface area contributed by atoms with Gasteiger partial charge >= 0.3 is 0 Å². The third-order valence-corrected chi connectivity index (χ3v) is 5.09. The smallest absolute Gasteiger partial charge is 0.223 e. The maximum absolute atomic E-state index is 12.4. The molecule has 0 aromatic rings. The summed E-state index contributed by atoms with van der Waals surface area (Å²) in [5.41, 5.74) is 0. The van der Waals surface area contributed by atoms with Gasteiger partial charge in [-0.3, -0.25) is 9.69 Å². The molecule has 0 aliphatic carbocycles. The molecule has 2 N–H and O–H groups in total. The predicted molar refractivity (Wildman–Crippen MR) is 95.7 cm³/mol. The molecule has 0 bridgehead atoms. The Morgan fingerprint density at radius 2 is 1.74 bits per heavy atom. The third-order valence-electron chi connectivity index (χ3n) is 5.09. The van der Waals surface area contributed by atoms with Gasteiger partial charge in [0.25, 0.3) is 0 Å². The molecule has 2 atom stereocenters. The highest BCUT2D eigenvalue weighted by molar-refractivity contribution is 5.85. The zero-order valence-electron chi connectivity index (χ0n) is 13.8. The predicted octanol–water partition coefficient (Wildman–Crippen LogP) is -0.0394. The van der Waals surface area contributed by atoms with Gasteiger partial charge in [-0.05, 0) is 33.0 Å². The van der Waals surface area contributed by atoms with Crippen molar-refractivity contribution in [2.75, 3.05) is 59.5 Å². The first-order valence-electron chi connectivity index (χ1n) is 8.25. The first-order chi connectivity index (χ1) is 10.2. The van der Waals surface area contributed by atoms with Gasteiger partial charge in [0.2, 0.25) is 5.91 Å². The number of nitrogens with one attached hydrogen (secondary N) is 2. The number of likely N-dealkylation sites (N-methyl/N-ethyl adjacent to an activating group) is 1. The Hall–Kier alpha value is -0.110. The van der Waals surface area contributed by atoms with E-state index in [9.17, 15) is 4.79 Å². The minimum Gasteiger partial charge on any atom is -0.378 e. The van der Waals surface area contributed by atoms with Crippen LogP contribution in [0.15, 0.2) is 0 Å². The number of nitrogens with zero attached hydrogens (tertiary/aromatic N) is 2. The van der Waals surface area contributed by atoms with Crippen LogP contribution in [0.4, 0.5) is 0 Å². The van der Waals surface area contributed by atoms with Gasteiger partial charge in [0.15, 0.2) is 0 Å². The van der Waals surface area contributed by atoms with Crippen molar-refractivity contribution in [1.82, 2.24) is 20.4 Å². The minimum absolute atomic E-state index is 0. The van der Waals surface area contributed by atoms with Crippen LogP contribution in [0.2, 0.25) is 0 Å². The zero-order chi connectivity index (χ0) is 14.7. The summed E-state index contributed by atoms with van der Waals surface area (Å²) in [6.07, 6.45) is 1.91. The average Bonchev–Trinajstić information content (AvgIpc) is 2.97. The summed E-state index contributed by atoms with van der Waals surface area (Å²) in [7, 11) is 2.17. The van der Waals surface area contributed by atoms with Crippen molar-refractivity contribution in [3.8, 4) is 0 Å². The maximum atomic E-state index is 12.4. The van der Waals surface area contributed by atoms with Crippen molar-refractivity contribution < 1.29 is 9.53 Å². The van der Waals surface area contributed by atoms with E-state index in [0.717, 1.165) is 58.7 Å². The summed E-state index contributed by atoms with van der Waals surface area (Å²) >= 11 is 0. The average molecular weight is 369 g/mol. The Bertz CT molecular complexity index is 361. The molecule has 3 aliphatic heterocycles. The van der Waals surface area contributed by atoms with Crippen LogP contribution in [-0.2, 0) is 9.53 Å². The number of rotatable bonds is 3. The van der Waals surface area contributed by atoms with E-state index >= 15 is 0 Å². The molecular formula is C15H30Cl2N4O2. The van der Waals surface area contributed by atoms with Crippen molar-refractivity contribution in [2.24, 2.45) is 5.92 Å². The fraction of sp³-hybridized carbons (Fsp3) is 0.933. The summed E-state index contributed by atoms with van der Waals surface area (Å²) < 4.78 is 5.66. The molecule has 1 amide bonds. The second-order valence-corrected chi connectivity index (χ2v) is 6.58. The van der Waals surface area contributed by atoms with E-state index in [1.54, 1.807) is 0 Å². The summed E-state index contributed by atoms with van der Waals surface area (Å²) in [5.74, 6) is 0.408. The number of carbonyl (C=O) groups is 1. The van der Waals surface area contributed by atoms with Gasteiger partial charge in [0.05, 0.1) is 25.3 Å². The summed E-state index contributed by atoms with van der Waals surface area (Å²) in [6, 6.07) is 0.514. The summed E-state index contributed by atoms with van der Waals surface area (Å²) in [6.45, 7) is 7.68. The summed E-state index contributed by atoms with van der Waals surface area (Å²) in [4.78, 5) is 17.3. The van der Waals surface area contributed by atoms with Gasteiger partial charge in [-0.1, -0.05) is 0 Å². The Labute approximate surface area is 151 Å². The van der Waals surface area contributed by atoms with Crippen LogP contribution in [-0.4, -0.2) is 87.3 Å². The largest absolute Gasteiger partial charge is 0.378 e. The van der Waals surface area contributed by atoms with Gasteiger partial charge in [-0.25, -0.2) is 0 Å². The molecule has 0 aromatic heterocycles.